The Labute approximate surface area is 174 Å². The van der Waals surface area contributed by atoms with Crippen molar-refractivity contribution in [3.8, 4) is 5.75 Å². The van der Waals surface area contributed by atoms with E-state index in [4.69, 9.17) is 19.9 Å². The molecule has 1 saturated carbocycles. The van der Waals surface area contributed by atoms with E-state index in [1.165, 1.54) is 41.7 Å². The highest BCUT2D eigenvalue weighted by atomic mass is 16.6. The molecule has 6 nitrogen and oxygen atoms in total. The molecule has 1 aromatic rings. The quantitative estimate of drug-likeness (QED) is 0.704. The van der Waals surface area contributed by atoms with Gasteiger partial charge in [-0.2, -0.15) is 0 Å². The van der Waals surface area contributed by atoms with E-state index in [-0.39, 0.29) is 17.6 Å². The Kier molecular flexibility index (Phi) is 7.55. The van der Waals surface area contributed by atoms with Gasteiger partial charge in [-0.3, -0.25) is 0 Å². The van der Waals surface area contributed by atoms with Crippen LogP contribution in [-0.2, 0) is 21.3 Å². The molecule has 3 rings (SSSR count). The fourth-order valence-corrected chi connectivity index (χ4v) is 4.81. The number of hydrogen-bond donors (Lipinski definition) is 1. The third-order valence-electron chi connectivity index (χ3n) is 6.71. The smallest absolute Gasteiger partial charge is 0.410 e. The van der Waals surface area contributed by atoms with Crippen LogP contribution < -0.4 is 10.5 Å². The van der Waals surface area contributed by atoms with Crippen LogP contribution in [0, 0.1) is 5.92 Å². The zero-order valence-electron chi connectivity index (χ0n) is 18.1. The average Bonchev–Trinajstić information content (AvgIpc) is 2.71. The summed E-state index contributed by atoms with van der Waals surface area (Å²) in [7, 11) is 3.35. The molecule has 3 atom stereocenters. The molecule has 1 fully saturated rings. The van der Waals surface area contributed by atoms with Crippen LogP contribution in [0.4, 0.5) is 4.79 Å². The van der Waals surface area contributed by atoms with Crippen molar-refractivity contribution in [3.05, 3.63) is 29.3 Å². The molecular weight excluding hydrogens is 368 g/mol. The number of likely N-dealkylation sites (N-methyl/N-ethyl adjacent to an activating group) is 1. The Balaban J connectivity index is 1.67. The van der Waals surface area contributed by atoms with E-state index in [1.54, 1.807) is 14.2 Å². The molecular formula is C23H36N2O4. The molecule has 0 saturated heterocycles. The normalized spacial score (nSPS) is 26.2. The van der Waals surface area contributed by atoms with E-state index < -0.39 is 0 Å². The first-order valence-corrected chi connectivity index (χ1v) is 10.8. The maximum Gasteiger partial charge on any atom is 0.415 e. The van der Waals surface area contributed by atoms with Gasteiger partial charge in [-0.1, -0.05) is 32.3 Å². The van der Waals surface area contributed by atoms with Gasteiger partial charge in [-0.15, -0.1) is 0 Å². The van der Waals surface area contributed by atoms with Gasteiger partial charge in [-0.05, 0) is 48.4 Å². The van der Waals surface area contributed by atoms with Crippen molar-refractivity contribution < 1.29 is 19.0 Å². The van der Waals surface area contributed by atoms with Gasteiger partial charge in [0.1, 0.15) is 5.75 Å². The monoisotopic (exact) mass is 404 g/mol. The Bertz CT molecular complexity index is 695. The van der Waals surface area contributed by atoms with Gasteiger partial charge in [0, 0.05) is 32.2 Å². The number of carbonyl (C=O) groups is 1. The number of rotatable bonds is 7. The summed E-state index contributed by atoms with van der Waals surface area (Å²) in [5.74, 6) is 1.14. The Hall–Kier alpha value is -1.63. The molecule has 0 aliphatic heterocycles. The summed E-state index contributed by atoms with van der Waals surface area (Å²) in [5.41, 5.74) is 9.32. The fourth-order valence-electron chi connectivity index (χ4n) is 4.81. The van der Waals surface area contributed by atoms with E-state index >= 15 is 0 Å². The summed E-state index contributed by atoms with van der Waals surface area (Å²) in [5, 5.41) is 0. The lowest BCUT2D eigenvalue weighted by molar-refractivity contribution is 0.0607. The number of amides is 1. The highest BCUT2D eigenvalue weighted by Gasteiger charge is 2.43. The van der Waals surface area contributed by atoms with E-state index in [9.17, 15) is 4.79 Å². The third-order valence-corrected chi connectivity index (χ3v) is 6.71. The van der Waals surface area contributed by atoms with Crippen molar-refractivity contribution in [2.45, 2.75) is 56.9 Å². The van der Waals surface area contributed by atoms with E-state index in [1.807, 2.05) is 12.1 Å². The maximum atomic E-state index is 12.5. The van der Waals surface area contributed by atoms with Crippen molar-refractivity contribution in [1.29, 1.82) is 0 Å². The van der Waals surface area contributed by atoms with Crippen LogP contribution in [-0.4, -0.2) is 57.6 Å². The molecule has 29 heavy (non-hydrogen) atoms. The summed E-state index contributed by atoms with van der Waals surface area (Å²) < 4.78 is 16.0. The molecule has 0 radical (unpaired) electrons. The van der Waals surface area contributed by atoms with Crippen LogP contribution >= 0.6 is 0 Å². The largest absolute Gasteiger partial charge is 0.415 e. The molecule has 0 spiro atoms. The highest BCUT2D eigenvalue weighted by Crippen LogP contribution is 2.46. The van der Waals surface area contributed by atoms with Gasteiger partial charge in [0.15, 0.2) is 0 Å². The lowest BCUT2D eigenvalue weighted by Crippen LogP contribution is -2.52. The molecule has 2 aliphatic carbocycles. The number of fused-ring (bicyclic) bond motifs is 4. The molecule has 0 heterocycles. The van der Waals surface area contributed by atoms with Crippen LogP contribution in [0.1, 0.15) is 50.2 Å². The standard InChI is InChI=1S/C23H36N2O4/c1-23-10-6-4-5-7-18(21(23)24)15-17-8-9-19(16-20(17)23)29-22(26)25(2)11-12-28-14-13-27-3/h8-9,16,18,21H,4-7,10-15,24H2,1-3H3/t18?,21-,23+/m0/s1. The Morgan fingerprint density at radius 1 is 1.24 bits per heavy atom. The van der Waals surface area contributed by atoms with Crippen LogP contribution in [0.2, 0.25) is 0 Å². The van der Waals surface area contributed by atoms with Gasteiger partial charge in [0.2, 0.25) is 0 Å². The average molecular weight is 405 g/mol. The lowest BCUT2D eigenvalue weighted by atomic mass is 9.60. The fraction of sp³-hybridized carbons (Fsp3) is 0.696. The lowest BCUT2D eigenvalue weighted by Gasteiger charge is -2.47. The Morgan fingerprint density at radius 3 is 2.86 bits per heavy atom. The molecule has 1 aromatic carbocycles. The number of nitrogens with zero attached hydrogens (tertiary/aromatic N) is 1. The van der Waals surface area contributed by atoms with Crippen molar-refractivity contribution in [2.75, 3.05) is 40.5 Å². The summed E-state index contributed by atoms with van der Waals surface area (Å²) in [6.45, 7) is 4.28. The SMILES string of the molecule is COCCOCCN(C)C(=O)Oc1ccc2c(c1)[C@@]1(C)CCCCCC(C2)[C@@H]1N. The number of carbonyl (C=O) groups excluding carboxylic acids is 1. The van der Waals surface area contributed by atoms with Gasteiger partial charge >= 0.3 is 6.09 Å². The molecule has 0 aromatic heterocycles. The zero-order chi connectivity index (χ0) is 20.9. The minimum absolute atomic E-state index is 0.0534. The van der Waals surface area contributed by atoms with Crippen LogP contribution in [0.5, 0.6) is 5.75 Å². The van der Waals surface area contributed by atoms with Crippen LogP contribution in [0.25, 0.3) is 0 Å². The van der Waals surface area contributed by atoms with Crippen molar-refractivity contribution in [2.24, 2.45) is 11.7 Å². The van der Waals surface area contributed by atoms with E-state index in [0.717, 1.165) is 12.8 Å². The number of hydrogen-bond acceptors (Lipinski definition) is 5. The van der Waals surface area contributed by atoms with Crippen molar-refractivity contribution in [1.82, 2.24) is 4.90 Å². The van der Waals surface area contributed by atoms with Gasteiger partial charge in [0.25, 0.3) is 0 Å². The molecule has 162 valence electrons. The van der Waals surface area contributed by atoms with Gasteiger partial charge < -0.3 is 24.8 Å². The number of methoxy groups -OCH3 is 1. The van der Waals surface area contributed by atoms with E-state index in [2.05, 4.69) is 13.0 Å². The van der Waals surface area contributed by atoms with E-state index in [0.29, 0.717) is 38.0 Å². The first-order chi connectivity index (χ1) is 14.0. The molecule has 1 unspecified atom stereocenters. The number of ether oxygens (including phenoxy) is 3. The predicted octanol–water partition coefficient (Wildman–Crippen LogP) is 3.50. The van der Waals surface area contributed by atoms with Gasteiger partial charge in [-0.25, -0.2) is 4.79 Å². The summed E-state index contributed by atoms with van der Waals surface area (Å²) in [6.07, 6.45) is 6.71. The second kappa shape index (κ2) is 9.92. The predicted molar refractivity (Wildman–Crippen MR) is 113 cm³/mol. The summed E-state index contributed by atoms with van der Waals surface area (Å²) in [6, 6.07) is 6.26. The minimum Gasteiger partial charge on any atom is -0.410 e. The molecule has 2 bridgehead atoms. The van der Waals surface area contributed by atoms with Crippen LogP contribution in [0.15, 0.2) is 18.2 Å². The second-order valence-corrected chi connectivity index (χ2v) is 8.72. The summed E-state index contributed by atoms with van der Waals surface area (Å²) in [4.78, 5) is 14.0. The molecule has 2 N–H and O–H groups in total. The molecule has 6 heteroatoms. The van der Waals surface area contributed by atoms with Gasteiger partial charge in [0.05, 0.1) is 19.8 Å². The molecule has 2 aliphatic rings. The summed E-state index contributed by atoms with van der Waals surface area (Å²) >= 11 is 0. The highest BCUT2D eigenvalue weighted by molar-refractivity contribution is 5.70. The topological polar surface area (TPSA) is 74.0 Å². The maximum absolute atomic E-state index is 12.5. The van der Waals surface area contributed by atoms with Crippen LogP contribution in [0.3, 0.4) is 0 Å². The number of benzene rings is 1. The second-order valence-electron chi connectivity index (χ2n) is 8.72. The Morgan fingerprint density at radius 2 is 2.07 bits per heavy atom. The van der Waals surface area contributed by atoms with Crippen molar-refractivity contribution in [3.63, 3.8) is 0 Å². The third kappa shape index (κ3) is 5.11. The molecule has 1 amide bonds. The minimum atomic E-state index is -0.374. The first-order valence-electron chi connectivity index (χ1n) is 10.8. The number of nitrogens with two attached hydrogens (primary N) is 1. The zero-order valence-corrected chi connectivity index (χ0v) is 18.1. The first kappa shape index (κ1) is 22.1. The van der Waals surface area contributed by atoms with Crippen molar-refractivity contribution >= 4 is 6.09 Å².